The Balaban J connectivity index is 1.37. The fourth-order valence-electron chi connectivity index (χ4n) is 4.20. The summed E-state index contributed by atoms with van der Waals surface area (Å²) in [6.07, 6.45) is 8.29. The van der Waals surface area contributed by atoms with Crippen LogP contribution in [-0.4, -0.2) is 27.4 Å². The molecule has 2 aliphatic carbocycles. The van der Waals surface area contributed by atoms with Crippen LogP contribution < -0.4 is 5.32 Å². The number of nitrogens with one attached hydrogen (secondary N) is 1. The Morgan fingerprint density at radius 3 is 2.93 bits per heavy atom. The molecule has 0 spiro atoms. The first-order valence-electron chi connectivity index (χ1n) is 10.4. The SMILES string of the molecule is C[C@H]1CCc2sc(-c3nnc(S[C@H](C)C(=O)N[C@@H]4CCCC[C@@H]4C)o3)cc2C1. The molecule has 1 fully saturated rings. The molecule has 7 heteroatoms. The van der Waals surface area contributed by atoms with E-state index in [0.717, 1.165) is 30.1 Å². The lowest BCUT2D eigenvalue weighted by molar-refractivity contribution is -0.121. The molecule has 2 heterocycles. The zero-order valence-corrected chi connectivity index (χ0v) is 18.5. The van der Waals surface area contributed by atoms with E-state index in [1.165, 1.54) is 47.9 Å². The van der Waals surface area contributed by atoms with Gasteiger partial charge in [-0.15, -0.1) is 21.5 Å². The summed E-state index contributed by atoms with van der Waals surface area (Å²) in [6.45, 7) is 6.44. The quantitative estimate of drug-likeness (QED) is 0.683. The van der Waals surface area contributed by atoms with Crippen LogP contribution >= 0.6 is 23.1 Å². The van der Waals surface area contributed by atoms with Crippen molar-refractivity contribution in [3.05, 3.63) is 16.5 Å². The minimum Gasteiger partial charge on any atom is -0.410 e. The van der Waals surface area contributed by atoms with Crippen molar-refractivity contribution in [2.45, 2.75) is 82.2 Å². The van der Waals surface area contributed by atoms with Crippen molar-refractivity contribution in [2.24, 2.45) is 11.8 Å². The smallest absolute Gasteiger partial charge is 0.277 e. The third-order valence-corrected chi connectivity index (χ3v) is 8.19. The van der Waals surface area contributed by atoms with Crippen molar-refractivity contribution >= 4 is 29.0 Å². The lowest BCUT2D eigenvalue weighted by atomic mass is 9.86. The third kappa shape index (κ3) is 4.46. The Hall–Kier alpha value is -1.34. The number of thiophene rings is 1. The molecule has 0 saturated heterocycles. The largest absolute Gasteiger partial charge is 0.410 e. The Bertz CT molecular complexity index is 831. The fourth-order valence-corrected chi connectivity index (χ4v) is 6.03. The fraction of sp³-hybridized carbons (Fsp3) is 0.667. The van der Waals surface area contributed by atoms with Crippen molar-refractivity contribution in [1.29, 1.82) is 0 Å². The average molecular weight is 420 g/mol. The minimum atomic E-state index is -0.250. The average Bonchev–Trinajstić information content (AvgIpc) is 3.29. The number of fused-ring (bicyclic) bond motifs is 1. The van der Waals surface area contributed by atoms with Crippen molar-refractivity contribution < 1.29 is 9.21 Å². The maximum atomic E-state index is 12.6. The molecule has 4 rings (SSSR count). The molecule has 4 atom stereocenters. The second-order valence-electron chi connectivity index (χ2n) is 8.42. The molecule has 0 unspecified atom stereocenters. The summed E-state index contributed by atoms with van der Waals surface area (Å²) in [5, 5.41) is 11.8. The third-order valence-electron chi connectivity index (χ3n) is 6.03. The van der Waals surface area contributed by atoms with E-state index in [0.29, 0.717) is 23.1 Å². The highest BCUT2D eigenvalue weighted by atomic mass is 32.2. The van der Waals surface area contributed by atoms with Crippen LogP contribution in [0.5, 0.6) is 0 Å². The Kier molecular flexibility index (Phi) is 6.11. The van der Waals surface area contributed by atoms with Crippen molar-refractivity contribution in [3.63, 3.8) is 0 Å². The monoisotopic (exact) mass is 419 g/mol. The molecule has 152 valence electrons. The Labute approximate surface area is 175 Å². The van der Waals surface area contributed by atoms with E-state index in [9.17, 15) is 4.79 Å². The summed E-state index contributed by atoms with van der Waals surface area (Å²) in [5.74, 6) is 1.93. The predicted octanol–water partition coefficient (Wildman–Crippen LogP) is 5.10. The standard InChI is InChI=1S/C21H29N3O2S2/c1-12-8-9-17-15(10-12)11-18(28-17)20-23-24-21(26-20)27-14(3)19(25)22-16-7-5-4-6-13(16)2/h11-14,16H,4-10H2,1-3H3,(H,22,25)/t12-,13-,14+,16+/m0/s1. The normalized spacial score (nSPS) is 25.9. The van der Waals surface area contributed by atoms with Crippen LogP contribution in [0.2, 0.25) is 0 Å². The van der Waals surface area contributed by atoms with Gasteiger partial charge in [-0.05, 0) is 62.5 Å². The molecule has 1 saturated carbocycles. The van der Waals surface area contributed by atoms with Crippen LogP contribution in [0.1, 0.15) is 63.3 Å². The summed E-state index contributed by atoms with van der Waals surface area (Å²) in [4.78, 5) is 15.1. The van der Waals surface area contributed by atoms with Gasteiger partial charge in [-0.25, -0.2) is 0 Å². The summed E-state index contributed by atoms with van der Waals surface area (Å²) in [6, 6.07) is 2.50. The lowest BCUT2D eigenvalue weighted by Gasteiger charge is -2.30. The molecular weight excluding hydrogens is 390 g/mol. The van der Waals surface area contributed by atoms with E-state index in [1.807, 2.05) is 6.92 Å². The Morgan fingerprint density at radius 2 is 2.11 bits per heavy atom. The molecule has 0 aromatic carbocycles. The van der Waals surface area contributed by atoms with Gasteiger partial charge < -0.3 is 9.73 Å². The second kappa shape index (κ2) is 8.57. The summed E-state index contributed by atoms with van der Waals surface area (Å²) in [5.41, 5.74) is 1.43. The van der Waals surface area contributed by atoms with Crippen LogP contribution in [-0.2, 0) is 17.6 Å². The summed E-state index contributed by atoms with van der Waals surface area (Å²) < 4.78 is 5.88. The van der Waals surface area contributed by atoms with E-state index < -0.39 is 0 Å². The maximum Gasteiger partial charge on any atom is 0.277 e. The number of rotatable bonds is 5. The molecule has 0 aliphatic heterocycles. The molecule has 2 aliphatic rings. The zero-order valence-electron chi connectivity index (χ0n) is 16.9. The number of thioether (sulfide) groups is 1. The number of aromatic nitrogens is 2. The van der Waals surface area contributed by atoms with E-state index in [1.54, 1.807) is 11.3 Å². The van der Waals surface area contributed by atoms with Crippen molar-refractivity contribution in [3.8, 4) is 10.8 Å². The van der Waals surface area contributed by atoms with Gasteiger partial charge in [-0.2, -0.15) is 0 Å². The number of nitrogens with zero attached hydrogens (tertiary/aromatic N) is 2. The number of carbonyl (C=O) groups is 1. The number of carbonyl (C=O) groups excluding carboxylic acids is 1. The minimum absolute atomic E-state index is 0.0593. The van der Waals surface area contributed by atoms with Crippen LogP contribution in [0.15, 0.2) is 15.7 Å². The molecule has 0 radical (unpaired) electrons. The van der Waals surface area contributed by atoms with Gasteiger partial charge in [0.25, 0.3) is 11.1 Å². The molecule has 28 heavy (non-hydrogen) atoms. The van der Waals surface area contributed by atoms with Gasteiger partial charge in [0.15, 0.2) is 0 Å². The molecular formula is C21H29N3O2S2. The van der Waals surface area contributed by atoms with Crippen LogP contribution in [0.25, 0.3) is 10.8 Å². The molecule has 5 nitrogen and oxygen atoms in total. The first kappa shape index (κ1) is 20.0. The second-order valence-corrected chi connectivity index (χ2v) is 10.8. The molecule has 1 amide bonds. The highest BCUT2D eigenvalue weighted by molar-refractivity contribution is 8.00. The van der Waals surface area contributed by atoms with E-state index in [2.05, 4.69) is 35.4 Å². The zero-order chi connectivity index (χ0) is 19.7. The molecule has 2 aromatic rings. The van der Waals surface area contributed by atoms with E-state index in [4.69, 9.17) is 4.42 Å². The van der Waals surface area contributed by atoms with Gasteiger partial charge >= 0.3 is 0 Å². The highest BCUT2D eigenvalue weighted by Gasteiger charge is 2.26. The summed E-state index contributed by atoms with van der Waals surface area (Å²) >= 11 is 3.11. The first-order chi connectivity index (χ1) is 13.5. The van der Waals surface area contributed by atoms with Gasteiger partial charge in [-0.3, -0.25) is 4.79 Å². The van der Waals surface area contributed by atoms with E-state index in [-0.39, 0.29) is 11.2 Å². The number of hydrogen-bond acceptors (Lipinski definition) is 6. The van der Waals surface area contributed by atoms with Gasteiger partial charge in [0.05, 0.1) is 10.1 Å². The number of amides is 1. The number of hydrogen-bond donors (Lipinski definition) is 1. The summed E-state index contributed by atoms with van der Waals surface area (Å²) in [7, 11) is 0. The van der Waals surface area contributed by atoms with Gasteiger partial charge in [0.1, 0.15) is 0 Å². The van der Waals surface area contributed by atoms with Gasteiger partial charge in [-0.1, -0.05) is 38.5 Å². The van der Waals surface area contributed by atoms with Crippen LogP contribution in [0.4, 0.5) is 0 Å². The lowest BCUT2D eigenvalue weighted by Crippen LogP contribution is -2.44. The topological polar surface area (TPSA) is 68.0 Å². The number of aryl methyl sites for hydroxylation is 1. The predicted molar refractivity (Wildman–Crippen MR) is 114 cm³/mol. The first-order valence-corrected chi connectivity index (χ1v) is 12.1. The molecule has 0 bridgehead atoms. The van der Waals surface area contributed by atoms with Crippen LogP contribution in [0.3, 0.4) is 0 Å². The maximum absolute atomic E-state index is 12.6. The highest BCUT2D eigenvalue weighted by Crippen LogP contribution is 2.37. The van der Waals surface area contributed by atoms with Crippen LogP contribution in [0, 0.1) is 11.8 Å². The van der Waals surface area contributed by atoms with Crippen molar-refractivity contribution in [1.82, 2.24) is 15.5 Å². The van der Waals surface area contributed by atoms with Gasteiger partial charge in [0.2, 0.25) is 5.91 Å². The van der Waals surface area contributed by atoms with Gasteiger partial charge in [0, 0.05) is 10.9 Å². The van der Waals surface area contributed by atoms with E-state index >= 15 is 0 Å². The molecule has 2 aromatic heterocycles. The Morgan fingerprint density at radius 1 is 1.29 bits per heavy atom. The molecule has 1 N–H and O–H groups in total. The van der Waals surface area contributed by atoms with Crippen molar-refractivity contribution in [2.75, 3.05) is 0 Å².